The smallest absolute Gasteiger partial charge is 0.200 e. The van der Waals surface area contributed by atoms with Crippen LogP contribution in [0.1, 0.15) is 10.4 Å². The lowest BCUT2D eigenvalue weighted by atomic mass is 10.1. The van der Waals surface area contributed by atoms with E-state index in [4.69, 9.17) is 51.1 Å². The molecule has 0 heterocycles. The Hall–Kier alpha value is -0.930. The fourth-order valence-electron chi connectivity index (χ4n) is 1.49. The molecule has 0 N–H and O–H groups in total. The lowest BCUT2D eigenvalue weighted by molar-refractivity contribution is 0.0921. The zero-order valence-electron chi connectivity index (χ0n) is 10.00. The largest absolute Gasteiger partial charge is 0.484 e. The maximum absolute atomic E-state index is 12.0. The van der Waals surface area contributed by atoms with Gasteiger partial charge in [0.25, 0.3) is 0 Å². The van der Waals surface area contributed by atoms with Crippen LogP contribution < -0.4 is 4.74 Å². The zero-order chi connectivity index (χ0) is 14.7. The fraction of sp³-hybridized carbons (Fsp3) is 0.0714. The molecule has 2 aromatic carbocycles. The van der Waals surface area contributed by atoms with Gasteiger partial charge in [-0.2, -0.15) is 0 Å². The number of carbonyl (C=O) groups excluding carboxylic acids is 1. The summed E-state index contributed by atoms with van der Waals surface area (Å²) < 4.78 is 5.36. The minimum Gasteiger partial charge on any atom is -0.484 e. The third-order valence-electron chi connectivity index (χ3n) is 2.49. The van der Waals surface area contributed by atoms with Crippen molar-refractivity contribution in [1.29, 1.82) is 0 Å². The quantitative estimate of drug-likeness (QED) is 0.675. The van der Waals surface area contributed by atoms with Gasteiger partial charge in [-0.1, -0.05) is 46.4 Å². The molecule has 0 aliphatic carbocycles. The number of rotatable bonds is 4. The Morgan fingerprint density at radius 2 is 1.65 bits per heavy atom. The van der Waals surface area contributed by atoms with E-state index >= 15 is 0 Å². The van der Waals surface area contributed by atoms with E-state index in [9.17, 15) is 4.79 Å². The van der Waals surface area contributed by atoms with Gasteiger partial charge in [0, 0.05) is 10.6 Å². The molecule has 0 aromatic heterocycles. The first-order valence-corrected chi connectivity index (χ1v) is 7.04. The van der Waals surface area contributed by atoms with Gasteiger partial charge < -0.3 is 4.74 Å². The van der Waals surface area contributed by atoms with Crippen LogP contribution in [0.2, 0.25) is 20.1 Å². The van der Waals surface area contributed by atoms with Gasteiger partial charge in [0.15, 0.2) is 12.4 Å². The van der Waals surface area contributed by atoms with Crippen molar-refractivity contribution in [2.45, 2.75) is 0 Å². The van der Waals surface area contributed by atoms with Crippen LogP contribution in [0.5, 0.6) is 5.75 Å². The van der Waals surface area contributed by atoms with Crippen molar-refractivity contribution in [3.8, 4) is 5.75 Å². The summed E-state index contributed by atoms with van der Waals surface area (Å²) >= 11 is 23.4. The van der Waals surface area contributed by atoms with Crippen molar-refractivity contribution in [3.63, 3.8) is 0 Å². The Balaban J connectivity index is 2.06. The maximum atomic E-state index is 12.0. The number of hydrogen-bond donors (Lipinski definition) is 0. The summed E-state index contributed by atoms with van der Waals surface area (Å²) in [4.78, 5) is 12.0. The zero-order valence-corrected chi connectivity index (χ0v) is 13.0. The van der Waals surface area contributed by atoms with Gasteiger partial charge in [0.05, 0.1) is 15.1 Å². The van der Waals surface area contributed by atoms with Gasteiger partial charge in [-0.05, 0) is 36.4 Å². The van der Waals surface area contributed by atoms with E-state index in [0.29, 0.717) is 31.4 Å². The SMILES string of the molecule is O=C(COc1ccc(Cl)cc1Cl)c1ccc(Cl)c(Cl)c1. The van der Waals surface area contributed by atoms with Gasteiger partial charge >= 0.3 is 0 Å². The van der Waals surface area contributed by atoms with Gasteiger partial charge in [-0.15, -0.1) is 0 Å². The van der Waals surface area contributed by atoms with E-state index < -0.39 is 0 Å². The third-order valence-corrected chi connectivity index (χ3v) is 3.76. The predicted molar refractivity (Wildman–Crippen MR) is 82.7 cm³/mol. The lowest BCUT2D eigenvalue weighted by Crippen LogP contribution is -2.11. The normalized spacial score (nSPS) is 10.4. The van der Waals surface area contributed by atoms with Crippen LogP contribution in [0.15, 0.2) is 36.4 Å². The van der Waals surface area contributed by atoms with E-state index in [1.807, 2.05) is 0 Å². The fourth-order valence-corrected chi connectivity index (χ4v) is 2.25. The van der Waals surface area contributed by atoms with Crippen LogP contribution in [-0.2, 0) is 0 Å². The van der Waals surface area contributed by atoms with E-state index in [-0.39, 0.29) is 12.4 Å². The van der Waals surface area contributed by atoms with Crippen LogP contribution in [0.25, 0.3) is 0 Å². The first-order valence-electron chi connectivity index (χ1n) is 5.53. The van der Waals surface area contributed by atoms with Crippen molar-refractivity contribution in [3.05, 3.63) is 62.1 Å². The molecular formula is C14H8Cl4O2. The molecule has 0 aliphatic heterocycles. The van der Waals surface area contributed by atoms with Gasteiger partial charge in [0.2, 0.25) is 0 Å². The topological polar surface area (TPSA) is 26.3 Å². The molecule has 2 rings (SSSR count). The Labute approximate surface area is 136 Å². The van der Waals surface area contributed by atoms with E-state index in [1.54, 1.807) is 30.3 Å². The van der Waals surface area contributed by atoms with Crippen molar-refractivity contribution in [1.82, 2.24) is 0 Å². The third kappa shape index (κ3) is 3.80. The maximum Gasteiger partial charge on any atom is 0.200 e. The summed E-state index contributed by atoms with van der Waals surface area (Å²) in [5.74, 6) is 0.166. The number of hydrogen-bond acceptors (Lipinski definition) is 2. The molecule has 0 atom stereocenters. The molecule has 0 amide bonds. The second-order valence-electron chi connectivity index (χ2n) is 3.92. The van der Waals surface area contributed by atoms with Crippen LogP contribution in [0.3, 0.4) is 0 Å². The molecule has 0 saturated heterocycles. The summed E-state index contributed by atoms with van der Waals surface area (Å²) in [6.07, 6.45) is 0. The molecule has 0 unspecified atom stereocenters. The molecule has 0 radical (unpaired) electrons. The summed E-state index contributed by atoms with van der Waals surface area (Å²) in [5.41, 5.74) is 0.421. The first kappa shape index (κ1) is 15.5. The number of halogens is 4. The summed E-state index contributed by atoms with van der Waals surface area (Å²) in [5, 5.41) is 1.56. The van der Waals surface area contributed by atoms with Crippen LogP contribution in [0, 0.1) is 0 Å². The number of ketones is 1. The van der Waals surface area contributed by atoms with Crippen molar-refractivity contribution >= 4 is 52.2 Å². The highest BCUT2D eigenvalue weighted by molar-refractivity contribution is 6.42. The molecule has 2 nitrogen and oxygen atoms in total. The highest BCUT2D eigenvalue weighted by atomic mass is 35.5. The van der Waals surface area contributed by atoms with Crippen molar-refractivity contribution in [2.24, 2.45) is 0 Å². The molecule has 2 aromatic rings. The second kappa shape index (κ2) is 6.68. The van der Waals surface area contributed by atoms with Crippen molar-refractivity contribution in [2.75, 3.05) is 6.61 Å². The van der Waals surface area contributed by atoms with Crippen molar-refractivity contribution < 1.29 is 9.53 Å². The molecule has 6 heteroatoms. The highest BCUT2D eigenvalue weighted by Gasteiger charge is 2.10. The molecule has 0 spiro atoms. The molecule has 104 valence electrons. The number of ether oxygens (including phenoxy) is 1. The van der Waals surface area contributed by atoms with E-state index in [2.05, 4.69) is 0 Å². The standard InChI is InChI=1S/C14H8Cl4O2/c15-9-2-4-14(12(18)6-9)20-7-13(19)8-1-3-10(16)11(17)5-8/h1-6H,7H2. The Kier molecular flexibility index (Phi) is 5.17. The Morgan fingerprint density at radius 3 is 2.30 bits per heavy atom. The minimum atomic E-state index is -0.227. The first-order chi connectivity index (χ1) is 9.47. The average Bonchev–Trinajstić information content (AvgIpc) is 2.40. The summed E-state index contributed by atoms with van der Waals surface area (Å²) in [6, 6.07) is 9.43. The number of benzene rings is 2. The molecule has 20 heavy (non-hydrogen) atoms. The number of Topliss-reactive ketones (excluding diaryl/α,β-unsaturated/α-hetero) is 1. The second-order valence-corrected chi connectivity index (χ2v) is 5.57. The van der Waals surface area contributed by atoms with Gasteiger partial charge in [-0.3, -0.25) is 4.79 Å². The average molecular weight is 350 g/mol. The Bertz CT molecular complexity index is 656. The Morgan fingerprint density at radius 1 is 0.900 bits per heavy atom. The molecule has 0 saturated carbocycles. The highest BCUT2D eigenvalue weighted by Crippen LogP contribution is 2.28. The van der Waals surface area contributed by atoms with E-state index in [0.717, 1.165) is 0 Å². The molecule has 0 bridgehead atoms. The minimum absolute atomic E-state index is 0.153. The van der Waals surface area contributed by atoms with Gasteiger partial charge in [0.1, 0.15) is 5.75 Å². The van der Waals surface area contributed by atoms with E-state index in [1.165, 1.54) is 6.07 Å². The van der Waals surface area contributed by atoms with Crippen LogP contribution in [-0.4, -0.2) is 12.4 Å². The van der Waals surface area contributed by atoms with Gasteiger partial charge in [-0.25, -0.2) is 0 Å². The summed E-state index contributed by atoms with van der Waals surface area (Å²) in [6.45, 7) is -0.153. The van der Waals surface area contributed by atoms with Crippen LogP contribution >= 0.6 is 46.4 Å². The monoisotopic (exact) mass is 348 g/mol. The summed E-state index contributed by atoms with van der Waals surface area (Å²) in [7, 11) is 0. The molecular weight excluding hydrogens is 342 g/mol. The predicted octanol–water partition coefficient (Wildman–Crippen LogP) is 5.56. The molecule has 0 fully saturated rings. The number of carbonyl (C=O) groups is 1. The lowest BCUT2D eigenvalue weighted by Gasteiger charge is -2.08. The molecule has 0 aliphatic rings. The van der Waals surface area contributed by atoms with Crippen LogP contribution in [0.4, 0.5) is 0 Å².